The summed E-state index contributed by atoms with van der Waals surface area (Å²) in [7, 11) is -1.97. The molecule has 0 bridgehead atoms. The molecule has 1 aliphatic heterocycles. The Morgan fingerprint density at radius 2 is 2.27 bits per heavy atom. The topological polar surface area (TPSA) is 92.7 Å². The van der Waals surface area contributed by atoms with Gasteiger partial charge in [0.05, 0.1) is 25.5 Å². The lowest BCUT2D eigenvalue weighted by Gasteiger charge is -2.33. The predicted octanol–water partition coefficient (Wildman–Crippen LogP) is -0.262. The van der Waals surface area contributed by atoms with Crippen LogP contribution in [0.4, 0.5) is 0 Å². The molecule has 0 N–H and O–H groups in total. The van der Waals surface area contributed by atoms with E-state index in [2.05, 4.69) is 9.97 Å². The summed E-state index contributed by atoms with van der Waals surface area (Å²) in [5.41, 5.74) is 0. The van der Waals surface area contributed by atoms with E-state index in [9.17, 15) is 13.2 Å². The molecule has 9 heteroatoms. The number of piperidine rings is 1. The second-order valence-corrected chi connectivity index (χ2v) is 7.37. The van der Waals surface area contributed by atoms with Crippen LogP contribution in [0.25, 0.3) is 0 Å². The van der Waals surface area contributed by atoms with Crippen LogP contribution < -0.4 is 4.74 Å². The van der Waals surface area contributed by atoms with Crippen LogP contribution in [0.1, 0.15) is 12.8 Å². The van der Waals surface area contributed by atoms with Crippen LogP contribution >= 0.6 is 0 Å². The van der Waals surface area contributed by atoms with Crippen LogP contribution in [-0.4, -0.2) is 72.5 Å². The average molecular weight is 328 g/mol. The number of aromatic nitrogens is 2. The Morgan fingerprint density at radius 3 is 2.91 bits per heavy atom. The van der Waals surface area contributed by atoms with Crippen molar-refractivity contribution in [3.05, 3.63) is 18.6 Å². The fourth-order valence-corrected chi connectivity index (χ4v) is 2.53. The van der Waals surface area contributed by atoms with Gasteiger partial charge in [0.15, 0.2) is 0 Å². The van der Waals surface area contributed by atoms with Gasteiger partial charge in [-0.15, -0.1) is 0 Å². The van der Waals surface area contributed by atoms with Crippen molar-refractivity contribution in [2.75, 3.05) is 32.9 Å². The first-order chi connectivity index (χ1) is 10.4. The zero-order valence-electron chi connectivity index (χ0n) is 12.7. The van der Waals surface area contributed by atoms with Gasteiger partial charge in [0.2, 0.25) is 21.8 Å². The minimum absolute atomic E-state index is 0.155. The van der Waals surface area contributed by atoms with E-state index < -0.39 is 10.0 Å². The van der Waals surface area contributed by atoms with E-state index in [1.54, 1.807) is 17.3 Å². The highest BCUT2D eigenvalue weighted by atomic mass is 32.2. The number of amides is 1. The van der Waals surface area contributed by atoms with Crippen molar-refractivity contribution >= 4 is 15.9 Å². The zero-order valence-corrected chi connectivity index (χ0v) is 13.5. The number of carbonyl (C=O) groups is 1. The van der Waals surface area contributed by atoms with Crippen molar-refractivity contribution in [3.8, 4) is 5.88 Å². The maximum Gasteiger partial charge on any atom is 0.238 e. The summed E-state index contributed by atoms with van der Waals surface area (Å²) in [6.45, 7) is 0.875. The minimum Gasteiger partial charge on any atom is -0.471 e. The number of sulfonamides is 1. The molecule has 0 radical (unpaired) electrons. The Balaban J connectivity index is 1.91. The maximum absolute atomic E-state index is 12.2. The quantitative estimate of drug-likeness (QED) is 0.739. The number of likely N-dealkylation sites (N-methyl/N-ethyl adjacent to an activating group) is 1. The lowest BCUT2D eigenvalue weighted by atomic mass is 10.1. The zero-order chi connectivity index (χ0) is 16.2. The number of hydrogen-bond donors (Lipinski definition) is 0. The lowest BCUT2D eigenvalue weighted by Crippen LogP contribution is -2.48. The summed E-state index contributed by atoms with van der Waals surface area (Å²) in [5.74, 6) is 0.204. The van der Waals surface area contributed by atoms with Gasteiger partial charge in [-0.2, -0.15) is 4.31 Å². The molecule has 1 atom stereocenters. The molecule has 1 aromatic rings. The van der Waals surface area contributed by atoms with Crippen molar-refractivity contribution in [1.29, 1.82) is 0 Å². The van der Waals surface area contributed by atoms with Gasteiger partial charge in [-0.05, 0) is 12.8 Å². The molecule has 0 spiro atoms. The number of likely N-dealkylation sites (tertiary alicyclic amines) is 1. The summed E-state index contributed by atoms with van der Waals surface area (Å²) in [6.07, 6.45) is 7.18. The third-order valence-electron chi connectivity index (χ3n) is 3.48. The molecule has 1 amide bonds. The van der Waals surface area contributed by atoms with Crippen molar-refractivity contribution < 1.29 is 17.9 Å². The van der Waals surface area contributed by atoms with Crippen LogP contribution in [0, 0.1) is 0 Å². The van der Waals surface area contributed by atoms with Crippen molar-refractivity contribution in [2.45, 2.75) is 18.9 Å². The number of carbonyl (C=O) groups excluding carboxylic acids is 1. The molecule has 2 rings (SSSR count). The van der Waals surface area contributed by atoms with Gasteiger partial charge < -0.3 is 9.64 Å². The van der Waals surface area contributed by atoms with E-state index in [0.29, 0.717) is 19.0 Å². The molecular formula is C13H20N4O4S. The minimum atomic E-state index is -3.36. The largest absolute Gasteiger partial charge is 0.471 e. The Kier molecular flexibility index (Phi) is 5.30. The monoisotopic (exact) mass is 328 g/mol. The van der Waals surface area contributed by atoms with Gasteiger partial charge >= 0.3 is 0 Å². The molecular weight excluding hydrogens is 308 g/mol. The van der Waals surface area contributed by atoms with Crippen molar-refractivity contribution in [2.24, 2.45) is 0 Å². The lowest BCUT2D eigenvalue weighted by molar-refractivity contribution is -0.133. The third kappa shape index (κ3) is 4.63. The Morgan fingerprint density at radius 1 is 1.50 bits per heavy atom. The van der Waals surface area contributed by atoms with E-state index >= 15 is 0 Å². The molecule has 8 nitrogen and oxygen atoms in total. The van der Waals surface area contributed by atoms with E-state index in [4.69, 9.17) is 4.74 Å². The molecule has 0 aromatic carbocycles. The highest BCUT2D eigenvalue weighted by molar-refractivity contribution is 7.88. The van der Waals surface area contributed by atoms with E-state index in [-0.39, 0.29) is 18.6 Å². The van der Waals surface area contributed by atoms with Gasteiger partial charge in [0.25, 0.3) is 0 Å². The SMILES string of the molecule is CN(CC(=O)N1CCC[C@H](Oc2cnccn2)C1)S(C)(=O)=O. The van der Waals surface area contributed by atoms with Crippen LogP contribution in [-0.2, 0) is 14.8 Å². The smallest absolute Gasteiger partial charge is 0.238 e. The van der Waals surface area contributed by atoms with E-state index in [1.807, 2.05) is 0 Å². The number of rotatable bonds is 5. The second kappa shape index (κ2) is 7.01. The normalized spacial score (nSPS) is 19.2. The van der Waals surface area contributed by atoms with Gasteiger partial charge in [0, 0.05) is 26.0 Å². The Bertz CT molecular complexity index is 608. The molecule has 0 aliphatic carbocycles. The fraction of sp³-hybridized carbons (Fsp3) is 0.615. The van der Waals surface area contributed by atoms with Gasteiger partial charge in [-0.1, -0.05) is 0 Å². The summed E-state index contributed by atoms with van der Waals surface area (Å²) >= 11 is 0. The summed E-state index contributed by atoms with van der Waals surface area (Å²) in [4.78, 5) is 21.8. The fourth-order valence-electron chi connectivity index (χ4n) is 2.19. The van der Waals surface area contributed by atoms with E-state index in [1.165, 1.54) is 13.2 Å². The highest BCUT2D eigenvalue weighted by Crippen LogP contribution is 2.16. The first kappa shape index (κ1) is 16.6. The van der Waals surface area contributed by atoms with Crippen LogP contribution in [0.5, 0.6) is 5.88 Å². The first-order valence-corrected chi connectivity index (χ1v) is 8.83. The van der Waals surface area contributed by atoms with E-state index in [0.717, 1.165) is 23.4 Å². The van der Waals surface area contributed by atoms with Gasteiger partial charge in [-0.3, -0.25) is 9.78 Å². The number of nitrogens with zero attached hydrogens (tertiary/aromatic N) is 4. The molecule has 2 heterocycles. The molecule has 1 aromatic heterocycles. The van der Waals surface area contributed by atoms with Crippen LogP contribution in [0.15, 0.2) is 18.6 Å². The molecule has 1 fully saturated rings. The van der Waals surface area contributed by atoms with Gasteiger partial charge in [-0.25, -0.2) is 13.4 Å². The predicted molar refractivity (Wildman–Crippen MR) is 79.7 cm³/mol. The number of hydrogen-bond acceptors (Lipinski definition) is 6. The standard InChI is InChI=1S/C13H20N4O4S/c1-16(22(2,19)20)10-13(18)17-7-3-4-11(9-17)21-12-8-14-5-6-15-12/h5-6,8,11H,3-4,7,9-10H2,1-2H3/t11-/m0/s1. The van der Waals surface area contributed by atoms with Gasteiger partial charge in [0.1, 0.15) is 6.10 Å². The van der Waals surface area contributed by atoms with Crippen LogP contribution in [0.3, 0.4) is 0 Å². The molecule has 1 aliphatic rings. The highest BCUT2D eigenvalue weighted by Gasteiger charge is 2.27. The molecule has 22 heavy (non-hydrogen) atoms. The van der Waals surface area contributed by atoms with Crippen LogP contribution in [0.2, 0.25) is 0 Å². The molecule has 122 valence electrons. The Hall–Kier alpha value is -1.74. The maximum atomic E-state index is 12.2. The molecule has 0 saturated carbocycles. The molecule has 1 saturated heterocycles. The average Bonchev–Trinajstić information content (AvgIpc) is 2.47. The summed E-state index contributed by atoms with van der Waals surface area (Å²) in [5, 5.41) is 0. The number of ether oxygens (including phenoxy) is 1. The second-order valence-electron chi connectivity index (χ2n) is 5.28. The van der Waals surface area contributed by atoms with Crippen molar-refractivity contribution in [1.82, 2.24) is 19.2 Å². The first-order valence-electron chi connectivity index (χ1n) is 6.98. The van der Waals surface area contributed by atoms with Crippen molar-refractivity contribution in [3.63, 3.8) is 0 Å². The summed E-state index contributed by atoms with van der Waals surface area (Å²) < 4.78 is 29.5. The summed E-state index contributed by atoms with van der Waals surface area (Å²) in [6, 6.07) is 0. The molecule has 0 unspecified atom stereocenters. The Labute approximate surface area is 130 Å². The third-order valence-corrected chi connectivity index (χ3v) is 4.74.